The smallest absolute Gasteiger partial charge is 0.304 e. The van der Waals surface area contributed by atoms with Crippen LogP contribution in [0.1, 0.15) is 6.42 Å². The molecule has 0 aliphatic carbocycles. The summed E-state index contributed by atoms with van der Waals surface area (Å²) >= 11 is 0. The van der Waals surface area contributed by atoms with Gasteiger partial charge >= 0.3 is 5.97 Å². The van der Waals surface area contributed by atoms with Crippen LogP contribution in [0.4, 0.5) is 4.39 Å². The van der Waals surface area contributed by atoms with Crippen LogP contribution in [-0.4, -0.2) is 40.7 Å². The minimum absolute atomic E-state index is 0.354. The summed E-state index contributed by atoms with van der Waals surface area (Å²) in [7, 11) is -7.88. The summed E-state index contributed by atoms with van der Waals surface area (Å²) < 4.78 is 61.3. The zero-order valence-electron chi connectivity index (χ0n) is 10.3. The lowest BCUT2D eigenvalue weighted by Crippen LogP contribution is -2.26. The molecule has 0 fully saturated rings. The molecule has 0 saturated carbocycles. The van der Waals surface area contributed by atoms with Crippen molar-refractivity contribution in [1.29, 1.82) is 0 Å². The maximum Gasteiger partial charge on any atom is 0.304 e. The lowest BCUT2D eigenvalue weighted by atomic mass is 10.3. The number of benzene rings is 1. The van der Waals surface area contributed by atoms with E-state index in [-0.39, 0.29) is 6.54 Å². The molecule has 0 bridgehead atoms. The molecule has 112 valence electrons. The molecule has 0 aromatic heterocycles. The van der Waals surface area contributed by atoms with Crippen molar-refractivity contribution in [1.82, 2.24) is 4.72 Å². The molecule has 0 spiro atoms. The molecule has 0 amide bonds. The summed E-state index contributed by atoms with van der Waals surface area (Å²) in [6, 6.07) is 2.35. The number of hydrogen-bond acceptors (Lipinski definition) is 5. The van der Waals surface area contributed by atoms with Gasteiger partial charge in [-0.05, 0) is 18.2 Å². The van der Waals surface area contributed by atoms with Gasteiger partial charge in [-0.3, -0.25) is 4.79 Å². The van der Waals surface area contributed by atoms with Crippen LogP contribution in [0.5, 0.6) is 0 Å². The van der Waals surface area contributed by atoms with Crippen LogP contribution in [0.2, 0.25) is 0 Å². The highest BCUT2D eigenvalue weighted by atomic mass is 32.2. The molecule has 1 aromatic rings. The first kappa shape index (κ1) is 16.5. The topological polar surface area (TPSA) is 118 Å². The number of sulfone groups is 1. The zero-order valence-corrected chi connectivity index (χ0v) is 12.0. The Hall–Kier alpha value is -1.52. The molecule has 1 rings (SSSR count). The average Bonchev–Trinajstić information content (AvgIpc) is 2.26. The van der Waals surface area contributed by atoms with Crippen LogP contribution in [0.15, 0.2) is 28.0 Å². The number of sulfonamides is 1. The van der Waals surface area contributed by atoms with Crippen LogP contribution in [0.25, 0.3) is 0 Å². The van der Waals surface area contributed by atoms with Gasteiger partial charge in [0, 0.05) is 12.8 Å². The third-order valence-electron chi connectivity index (χ3n) is 2.24. The molecule has 0 unspecified atom stereocenters. The first-order valence-corrected chi connectivity index (χ1v) is 8.62. The Labute approximate surface area is 115 Å². The highest BCUT2D eigenvalue weighted by molar-refractivity contribution is 7.90. The number of carbonyl (C=O) groups is 1. The van der Waals surface area contributed by atoms with E-state index in [0.717, 1.165) is 18.4 Å². The van der Waals surface area contributed by atoms with E-state index < -0.39 is 47.9 Å². The highest BCUT2D eigenvalue weighted by Gasteiger charge is 2.19. The number of aliphatic carboxylic acids is 1. The second kappa shape index (κ2) is 5.85. The van der Waals surface area contributed by atoms with Gasteiger partial charge in [0.15, 0.2) is 9.84 Å². The Morgan fingerprint density at radius 2 is 1.90 bits per heavy atom. The molecule has 0 saturated heterocycles. The highest BCUT2D eigenvalue weighted by Crippen LogP contribution is 2.18. The molecule has 0 atom stereocenters. The van der Waals surface area contributed by atoms with E-state index in [0.29, 0.717) is 6.07 Å². The van der Waals surface area contributed by atoms with Crippen molar-refractivity contribution in [3.05, 3.63) is 24.0 Å². The Kier molecular flexibility index (Phi) is 4.84. The van der Waals surface area contributed by atoms with Crippen molar-refractivity contribution in [3.63, 3.8) is 0 Å². The maximum atomic E-state index is 13.6. The van der Waals surface area contributed by atoms with Gasteiger partial charge in [-0.2, -0.15) is 0 Å². The standard InChI is InChI=1S/C10H12FNO6S2/c1-19(15,16)9-3-2-7(6-8(9)11)20(17,18)12-5-4-10(13)14/h2-3,6,12H,4-5H2,1H3,(H,13,14). The van der Waals surface area contributed by atoms with E-state index in [1.807, 2.05) is 4.72 Å². The summed E-state index contributed by atoms with van der Waals surface area (Å²) in [5.74, 6) is -2.38. The lowest BCUT2D eigenvalue weighted by molar-refractivity contribution is -0.136. The van der Waals surface area contributed by atoms with E-state index in [1.165, 1.54) is 0 Å². The molecule has 0 radical (unpaired) electrons. The van der Waals surface area contributed by atoms with Gasteiger partial charge in [-0.1, -0.05) is 0 Å². The van der Waals surface area contributed by atoms with Gasteiger partial charge in [0.25, 0.3) is 0 Å². The summed E-state index contributed by atoms with van der Waals surface area (Å²) in [5.41, 5.74) is 0. The predicted octanol–water partition coefficient (Wildman–Crippen LogP) is -0.0178. The number of halogens is 1. The third-order valence-corrected chi connectivity index (χ3v) is 4.83. The summed E-state index contributed by atoms with van der Waals surface area (Å²) in [5, 5.41) is 8.39. The van der Waals surface area contributed by atoms with Crippen LogP contribution < -0.4 is 4.72 Å². The largest absolute Gasteiger partial charge is 0.481 e. The zero-order chi connectivity index (χ0) is 15.6. The number of hydrogen-bond donors (Lipinski definition) is 2. The minimum atomic E-state index is -4.09. The molecule has 2 N–H and O–H groups in total. The molecular weight excluding hydrogens is 313 g/mol. The van der Waals surface area contributed by atoms with Gasteiger partial charge in [-0.15, -0.1) is 0 Å². The molecule has 7 nitrogen and oxygen atoms in total. The van der Waals surface area contributed by atoms with Crippen molar-refractivity contribution in [2.45, 2.75) is 16.2 Å². The number of carboxylic acid groups (broad SMARTS) is 1. The molecule has 0 aliphatic heterocycles. The summed E-state index contributed by atoms with van der Waals surface area (Å²) in [6.07, 6.45) is 0.369. The quantitative estimate of drug-likeness (QED) is 0.759. The van der Waals surface area contributed by atoms with Gasteiger partial charge in [-0.25, -0.2) is 25.9 Å². The summed E-state index contributed by atoms with van der Waals surface area (Å²) in [4.78, 5) is 9.18. The summed E-state index contributed by atoms with van der Waals surface area (Å²) in [6.45, 7) is -0.354. The molecule has 0 heterocycles. The van der Waals surface area contributed by atoms with E-state index >= 15 is 0 Å². The van der Waals surface area contributed by atoms with Gasteiger partial charge in [0.05, 0.1) is 11.3 Å². The molecular formula is C10H12FNO6S2. The Morgan fingerprint density at radius 1 is 1.30 bits per heavy atom. The fourth-order valence-corrected chi connectivity index (χ4v) is 3.10. The Balaban J connectivity index is 3.03. The number of nitrogens with one attached hydrogen (secondary N) is 1. The lowest BCUT2D eigenvalue weighted by Gasteiger charge is -2.07. The van der Waals surface area contributed by atoms with Crippen LogP contribution in [0, 0.1) is 5.82 Å². The van der Waals surface area contributed by atoms with Crippen LogP contribution >= 0.6 is 0 Å². The van der Waals surface area contributed by atoms with Crippen LogP contribution in [-0.2, 0) is 24.7 Å². The van der Waals surface area contributed by atoms with Crippen molar-refractivity contribution in [3.8, 4) is 0 Å². The Bertz CT molecular complexity index is 726. The fraction of sp³-hybridized carbons (Fsp3) is 0.300. The number of carboxylic acids is 1. The van der Waals surface area contributed by atoms with E-state index in [1.54, 1.807) is 0 Å². The second-order valence-electron chi connectivity index (χ2n) is 3.91. The first-order chi connectivity index (χ1) is 9.04. The SMILES string of the molecule is CS(=O)(=O)c1ccc(S(=O)(=O)NCCC(=O)O)cc1F. The predicted molar refractivity (Wildman–Crippen MR) is 67.0 cm³/mol. The van der Waals surface area contributed by atoms with Gasteiger partial charge in [0.1, 0.15) is 10.7 Å². The first-order valence-electron chi connectivity index (χ1n) is 5.25. The second-order valence-corrected chi connectivity index (χ2v) is 7.66. The molecule has 0 aliphatic rings. The van der Waals surface area contributed by atoms with E-state index in [4.69, 9.17) is 5.11 Å². The van der Waals surface area contributed by atoms with Gasteiger partial charge < -0.3 is 5.11 Å². The van der Waals surface area contributed by atoms with Crippen molar-refractivity contribution >= 4 is 25.8 Å². The van der Waals surface area contributed by atoms with Crippen molar-refractivity contribution in [2.24, 2.45) is 0 Å². The van der Waals surface area contributed by atoms with E-state index in [2.05, 4.69) is 0 Å². The van der Waals surface area contributed by atoms with Crippen molar-refractivity contribution in [2.75, 3.05) is 12.8 Å². The molecule has 1 aromatic carbocycles. The minimum Gasteiger partial charge on any atom is -0.481 e. The normalized spacial score (nSPS) is 12.3. The van der Waals surface area contributed by atoms with E-state index in [9.17, 15) is 26.0 Å². The maximum absolute atomic E-state index is 13.6. The van der Waals surface area contributed by atoms with Crippen molar-refractivity contribution < 1.29 is 31.1 Å². The molecule has 10 heteroatoms. The van der Waals surface area contributed by atoms with Gasteiger partial charge in [0.2, 0.25) is 10.0 Å². The number of rotatable bonds is 6. The third kappa shape index (κ3) is 4.25. The monoisotopic (exact) mass is 325 g/mol. The van der Waals surface area contributed by atoms with Crippen LogP contribution in [0.3, 0.4) is 0 Å². The molecule has 20 heavy (non-hydrogen) atoms. The Morgan fingerprint density at radius 3 is 2.35 bits per heavy atom. The fourth-order valence-electron chi connectivity index (χ4n) is 1.33. The average molecular weight is 325 g/mol.